The molecule has 1 amide bonds. The molecule has 0 bridgehead atoms. The summed E-state index contributed by atoms with van der Waals surface area (Å²) < 4.78 is 14.0. The highest BCUT2D eigenvalue weighted by molar-refractivity contribution is 8.04. The van der Waals surface area contributed by atoms with E-state index in [-0.39, 0.29) is 167 Å². The minimum atomic E-state index is -2.29. The van der Waals surface area contributed by atoms with Gasteiger partial charge in [-0.15, -0.1) is 11.8 Å². The van der Waals surface area contributed by atoms with E-state index < -0.39 is 45.4 Å². The van der Waals surface area contributed by atoms with Crippen LogP contribution in [0.3, 0.4) is 0 Å². The van der Waals surface area contributed by atoms with Crippen molar-refractivity contribution in [1.82, 2.24) is 20.4 Å². The standard InChI is InChI=1S/C13H20O5.C8H12N2O.C8H11NO2.C8H11NO.C8H14O3.C8H10O2.C8H12OS.C7H13NO2S.C7H11NO2.CH4/c1-7(2)3-11(14)8-4-9(12(15)16)6-10(5-8)13(17)18;1-4(2)10-7-6(9)5(3)8(7)11;1-4(2)9-6-7(10)5(3)8(6)11;1-4(2)6-7(9)5(3)8(6)10;1-6(2)5-7(9)3-4-8(10)11;1-4(2)6-7(9)5(3)8(6)10;1-5(2)8-7(9)4-6(3)10-8;1-5(2)7-6(9)4-11(3,10)8-7;1-5(2)8-7(9)4-6(3)10-8;/h7-10H,3-6H2,1-2H3,(H,15,16)(H,17,18);4,10H,3,9H2,1-2H3;4,9-10H,3H2,1-2H3;4H,3,9H2,1-2H3;6H,3-5H2,1-2H3,(H,10,11);4,9H,3H2,1-2H3;5,8H,3-4H2,1-2H3;5,7H,3-4H2,1-2H3,(H,8,10);5H,3-4H2,1-2H3;1H4. The number of hydroxylamine groups is 2. The third-order valence-electron chi connectivity index (χ3n) is 15.7. The van der Waals surface area contributed by atoms with Crippen molar-refractivity contribution >= 4 is 97.4 Å². The van der Waals surface area contributed by atoms with Crippen LogP contribution in [-0.4, -0.2) is 146 Å². The number of rotatable bonds is 19. The normalized spacial score (nSPS) is 21.7. The maximum atomic E-state index is 12.0. The Balaban J connectivity index is 0. The van der Waals surface area contributed by atoms with Gasteiger partial charge >= 0.3 is 17.9 Å². The van der Waals surface area contributed by atoms with Gasteiger partial charge in [0.1, 0.15) is 34.5 Å². The van der Waals surface area contributed by atoms with E-state index in [1.165, 1.54) is 5.06 Å². The number of carbonyl (C=O) groups excluding carboxylic acids is 9. The predicted octanol–water partition coefficient (Wildman–Crippen LogP) is 10.8. The van der Waals surface area contributed by atoms with Crippen LogP contribution in [0.1, 0.15) is 190 Å². The molecular formula is C76H118N6O19S2. The number of hydrogen-bond donors (Lipinski definition) is 10. The molecule has 12 N–H and O–H groups in total. The van der Waals surface area contributed by atoms with E-state index >= 15 is 0 Å². The summed E-state index contributed by atoms with van der Waals surface area (Å²) in [6.45, 7) is 56.0. The Morgan fingerprint density at radius 1 is 0.583 bits per heavy atom. The molecule has 1 saturated carbocycles. The maximum Gasteiger partial charge on any atom is 0.306 e. The number of hydrogen-bond acceptors (Lipinski definition) is 21. The van der Waals surface area contributed by atoms with Crippen LogP contribution in [0, 0.1) is 53.3 Å². The number of allylic oxidation sites excluding steroid dienone is 9. The number of ketones is 8. The van der Waals surface area contributed by atoms with Crippen LogP contribution in [0.4, 0.5) is 0 Å². The van der Waals surface area contributed by atoms with E-state index in [0.29, 0.717) is 88.6 Å². The smallest absolute Gasteiger partial charge is 0.306 e. The van der Waals surface area contributed by atoms with Crippen LogP contribution in [-0.2, 0) is 72.1 Å². The van der Waals surface area contributed by atoms with Crippen molar-refractivity contribution < 1.29 is 92.1 Å². The number of aliphatic hydroxyl groups excluding tert-OH is 2. The van der Waals surface area contributed by atoms with Crippen LogP contribution < -0.4 is 26.8 Å². The number of nitrogens with one attached hydrogen (secondary N) is 3. The van der Waals surface area contributed by atoms with Gasteiger partial charge in [-0.2, -0.15) is 5.06 Å². The number of amides is 1. The first-order valence-electron chi connectivity index (χ1n) is 33.9. The highest BCUT2D eigenvalue weighted by Gasteiger charge is 2.40. The number of carboxylic acid groups (broad SMARTS) is 3. The Bertz CT molecular complexity index is 3350. The topological polar surface area (TPSA) is 424 Å². The van der Waals surface area contributed by atoms with E-state index in [0.717, 1.165) is 10.5 Å². The Morgan fingerprint density at radius 3 is 1.29 bits per heavy atom. The van der Waals surface area contributed by atoms with Gasteiger partial charge < -0.3 is 52.5 Å². The molecule has 25 nitrogen and oxygen atoms in total. The molecule has 3 aliphatic heterocycles. The minimum Gasteiger partial charge on any atom is -0.507 e. The van der Waals surface area contributed by atoms with Crippen LogP contribution in [0.5, 0.6) is 0 Å². The molecule has 0 spiro atoms. The van der Waals surface area contributed by atoms with E-state index in [1.54, 1.807) is 11.8 Å². The van der Waals surface area contributed by atoms with Crippen molar-refractivity contribution in [2.45, 2.75) is 219 Å². The second-order valence-corrected chi connectivity index (χ2v) is 32.1. The number of nitrogens with zero attached hydrogens (tertiary/aromatic N) is 1. The van der Waals surface area contributed by atoms with Crippen molar-refractivity contribution in [3.8, 4) is 0 Å². The van der Waals surface area contributed by atoms with Crippen LogP contribution in [0.15, 0.2) is 118 Å². The van der Waals surface area contributed by atoms with Gasteiger partial charge in [0.2, 0.25) is 11.6 Å². The highest BCUT2D eigenvalue weighted by Crippen LogP contribution is 2.38. The van der Waals surface area contributed by atoms with Crippen molar-refractivity contribution in [1.29, 1.82) is 0 Å². The van der Waals surface area contributed by atoms with E-state index in [2.05, 4.69) is 74.5 Å². The summed E-state index contributed by atoms with van der Waals surface area (Å²) in [5.74, 6) is 1.13. The summed E-state index contributed by atoms with van der Waals surface area (Å²) in [4.78, 5) is 138. The van der Waals surface area contributed by atoms with Crippen molar-refractivity contribution in [3.05, 3.63) is 118 Å². The number of thioether (sulfide) groups is 1. The van der Waals surface area contributed by atoms with Crippen LogP contribution >= 0.6 is 11.8 Å². The fraction of sp³-hybridized carbons (Fsp3) is 0.566. The molecule has 0 aromatic rings. The van der Waals surface area contributed by atoms with Gasteiger partial charge in [0.15, 0.2) is 28.9 Å². The summed E-state index contributed by atoms with van der Waals surface area (Å²) in [7, 11) is -2.29. The first kappa shape index (κ1) is 96.6. The van der Waals surface area contributed by atoms with Gasteiger partial charge in [-0.3, -0.25) is 61.7 Å². The fourth-order valence-electron chi connectivity index (χ4n) is 10.4. The number of aliphatic hydroxyl groups is 2. The van der Waals surface area contributed by atoms with Gasteiger partial charge in [-0.1, -0.05) is 130 Å². The molecule has 0 aromatic carbocycles. The summed E-state index contributed by atoms with van der Waals surface area (Å²) in [6, 6.07) is 0.247. The Kier molecular flexibility index (Phi) is 40.9. The Labute approximate surface area is 614 Å². The molecule has 0 aromatic heterocycles. The number of nitrogens with two attached hydrogens (primary N) is 2. The average Bonchev–Trinajstić information content (AvgIpc) is 1.78. The predicted molar refractivity (Wildman–Crippen MR) is 405 cm³/mol. The lowest BCUT2D eigenvalue weighted by molar-refractivity contribution is -0.162. The summed E-state index contributed by atoms with van der Waals surface area (Å²) in [5, 5.41) is 51.8. The lowest BCUT2D eigenvalue weighted by Gasteiger charge is -2.30. The average molecular weight is 1480 g/mol. The largest absolute Gasteiger partial charge is 0.507 e. The monoisotopic (exact) mass is 1480 g/mol. The highest BCUT2D eigenvalue weighted by atomic mass is 32.2. The van der Waals surface area contributed by atoms with Gasteiger partial charge in [0.05, 0.1) is 64.6 Å². The molecule has 3 heterocycles. The molecule has 578 valence electrons. The second-order valence-electron chi connectivity index (χ2n) is 28.7. The zero-order chi connectivity index (χ0) is 79.8. The molecule has 5 unspecified atom stereocenters. The number of Topliss-reactive ketones (excluding diaryl/α,β-unsaturated/α-hetero) is 8. The molecule has 5 atom stereocenters. The van der Waals surface area contributed by atoms with Crippen LogP contribution in [0.2, 0.25) is 0 Å². The number of carbonyl (C=O) groups is 12. The molecule has 27 heteroatoms. The molecule has 4 fully saturated rings. The number of aliphatic carboxylic acids is 3. The Hall–Kier alpha value is -8.43. The zero-order valence-corrected chi connectivity index (χ0v) is 64.6. The Morgan fingerprint density at radius 2 is 1.02 bits per heavy atom. The van der Waals surface area contributed by atoms with Crippen LogP contribution in [0.25, 0.3) is 0 Å². The van der Waals surface area contributed by atoms with Gasteiger partial charge in [0, 0.05) is 81.4 Å². The van der Waals surface area contributed by atoms with Gasteiger partial charge in [-0.05, 0) is 107 Å². The molecule has 8 rings (SSSR count). The van der Waals surface area contributed by atoms with E-state index in [1.807, 2.05) is 111 Å². The first-order valence-corrected chi connectivity index (χ1v) is 36.7. The third kappa shape index (κ3) is 31.2. The maximum absolute atomic E-state index is 12.0. The van der Waals surface area contributed by atoms with Crippen molar-refractivity contribution in [2.24, 2.45) is 64.7 Å². The lowest BCUT2D eigenvalue weighted by Crippen LogP contribution is -2.38. The fourth-order valence-corrected chi connectivity index (χ4v) is 13.0. The van der Waals surface area contributed by atoms with E-state index in [9.17, 15) is 61.7 Å². The molecular weight excluding hydrogens is 1360 g/mol. The SMILES string of the molecule is C.C=C1C(=O)C(C(C)C)=C1N.C=C1C(=O)C(C(C)C)=C1O.C=C1C(=O)C(NC(C)C)=C1N.C=C1C(=O)C(NC(C)C)=C1O.C=C1CC(=O)C(C(C)C)S1.C=C1CC(=O)N(C(C)C)O1.C=S1(=O)CC(=O)C(C(C)C)N1.CC(C)CC(=O)C1CC(C(=O)O)CC(C(=O)O)C1.CC(C)CC(=O)CCC(=O)O. The first-order chi connectivity index (χ1) is 46.6. The van der Waals surface area contributed by atoms with Crippen molar-refractivity contribution in [3.63, 3.8) is 0 Å². The summed E-state index contributed by atoms with van der Waals surface area (Å²) >= 11 is 1.64. The quantitative estimate of drug-likeness (QED) is 0.0424. The summed E-state index contributed by atoms with van der Waals surface area (Å²) in [5.41, 5.74) is 15.5. The lowest BCUT2D eigenvalue weighted by atomic mass is 9.72. The van der Waals surface area contributed by atoms with Gasteiger partial charge in [-0.25, -0.2) is 4.72 Å². The van der Waals surface area contributed by atoms with Gasteiger partial charge in [0.25, 0.3) is 5.91 Å². The second kappa shape index (κ2) is 43.6. The minimum absolute atomic E-state index is 0. The molecule has 5 aliphatic carbocycles. The molecule has 8 aliphatic rings. The molecule has 103 heavy (non-hydrogen) atoms. The summed E-state index contributed by atoms with van der Waals surface area (Å²) in [6.07, 6.45) is 2.65. The number of carboxylic acids is 3. The van der Waals surface area contributed by atoms with Crippen molar-refractivity contribution in [2.75, 3.05) is 5.75 Å². The third-order valence-corrected chi connectivity index (χ3v) is 18.6. The molecule has 0 radical (unpaired) electrons. The van der Waals surface area contributed by atoms with E-state index in [4.69, 9.17) is 41.8 Å². The zero-order valence-electron chi connectivity index (χ0n) is 63.0. The molecule has 3 saturated heterocycles.